The lowest BCUT2D eigenvalue weighted by Crippen LogP contribution is -2.42. The molecule has 178 valence electrons. The van der Waals surface area contributed by atoms with Crippen LogP contribution in [0.5, 0.6) is 11.5 Å². The Hall–Kier alpha value is -3.59. The Balaban J connectivity index is 1.91. The molecular formula is C25H24FNO6S. The number of nitrogens with zero attached hydrogens (tertiary/aromatic N) is 1. The molecule has 0 N–H and O–H groups in total. The second-order valence-electron chi connectivity index (χ2n) is 7.37. The van der Waals surface area contributed by atoms with Gasteiger partial charge < -0.3 is 14.2 Å². The van der Waals surface area contributed by atoms with Gasteiger partial charge in [-0.3, -0.25) is 14.5 Å². The first-order chi connectivity index (χ1) is 16.3. The van der Waals surface area contributed by atoms with Gasteiger partial charge in [0.25, 0.3) is 11.1 Å². The van der Waals surface area contributed by atoms with Gasteiger partial charge in [0.2, 0.25) is 0 Å². The minimum Gasteiger partial charge on any atom is -0.493 e. The fourth-order valence-electron chi connectivity index (χ4n) is 3.37. The first-order valence-corrected chi connectivity index (χ1v) is 11.1. The number of rotatable bonds is 9. The van der Waals surface area contributed by atoms with Crippen LogP contribution in [0.1, 0.15) is 23.6 Å². The summed E-state index contributed by atoms with van der Waals surface area (Å²) in [6.07, 6.45) is 3.72. The zero-order chi connectivity index (χ0) is 24.8. The molecule has 1 atom stereocenters. The Labute approximate surface area is 201 Å². The Bertz CT molecular complexity index is 1140. The van der Waals surface area contributed by atoms with E-state index in [0.717, 1.165) is 27.8 Å². The molecule has 1 aliphatic rings. The fourth-order valence-corrected chi connectivity index (χ4v) is 4.27. The van der Waals surface area contributed by atoms with Gasteiger partial charge in [-0.15, -0.1) is 6.58 Å². The van der Waals surface area contributed by atoms with E-state index in [1.54, 1.807) is 30.4 Å². The molecule has 1 fully saturated rings. The summed E-state index contributed by atoms with van der Waals surface area (Å²) in [6.45, 7) is 5.42. The van der Waals surface area contributed by atoms with Gasteiger partial charge in [0.05, 0.1) is 19.1 Å². The van der Waals surface area contributed by atoms with Crippen LogP contribution >= 0.6 is 11.8 Å². The molecule has 0 bridgehead atoms. The van der Waals surface area contributed by atoms with E-state index in [0.29, 0.717) is 23.5 Å². The second-order valence-corrected chi connectivity index (χ2v) is 8.36. The maximum Gasteiger partial charge on any atom is 0.328 e. The third-order valence-corrected chi connectivity index (χ3v) is 5.97. The summed E-state index contributed by atoms with van der Waals surface area (Å²) in [5.74, 6) is -0.662. The molecule has 2 aromatic rings. The number of esters is 1. The molecule has 7 nitrogen and oxygen atoms in total. The van der Waals surface area contributed by atoms with Gasteiger partial charge in [-0.25, -0.2) is 9.18 Å². The summed E-state index contributed by atoms with van der Waals surface area (Å²) in [4.78, 5) is 38.1. The van der Waals surface area contributed by atoms with Crippen molar-refractivity contribution in [2.24, 2.45) is 0 Å². The zero-order valence-corrected chi connectivity index (χ0v) is 19.8. The second kappa shape index (κ2) is 11.0. The number of thioether (sulfide) groups is 1. The molecular weight excluding hydrogens is 461 g/mol. The largest absolute Gasteiger partial charge is 0.493 e. The highest BCUT2D eigenvalue weighted by molar-refractivity contribution is 8.18. The van der Waals surface area contributed by atoms with Gasteiger partial charge in [-0.2, -0.15) is 0 Å². The van der Waals surface area contributed by atoms with Crippen LogP contribution in [0.4, 0.5) is 9.18 Å². The van der Waals surface area contributed by atoms with Gasteiger partial charge >= 0.3 is 5.97 Å². The van der Waals surface area contributed by atoms with Crippen molar-refractivity contribution in [3.63, 3.8) is 0 Å². The van der Waals surface area contributed by atoms with Crippen molar-refractivity contribution < 1.29 is 33.0 Å². The molecule has 9 heteroatoms. The van der Waals surface area contributed by atoms with Crippen molar-refractivity contribution in [1.82, 2.24) is 4.90 Å². The molecule has 0 saturated carbocycles. The molecule has 2 amide bonds. The van der Waals surface area contributed by atoms with Crippen LogP contribution in [0.15, 0.2) is 54.0 Å². The van der Waals surface area contributed by atoms with E-state index in [-0.39, 0.29) is 17.3 Å². The number of hydrogen-bond acceptors (Lipinski definition) is 7. The third-order valence-electron chi connectivity index (χ3n) is 5.09. The molecule has 2 aromatic carbocycles. The molecule has 1 heterocycles. The van der Waals surface area contributed by atoms with E-state index in [2.05, 4.69) is 11.3 Å². The molecule has 0 spiro atoms. The van der Waals surface area contributed by atoms with Crippen molar-refractivity contribution in [1.29, 1.82) is 0 Å². The highest BCUT2D eigenvalue weighted by Gasteiger charge is 2.41. The van der Waals surface area contributed by atoms with Gasteiger partial charge in [0.1, 0.15) is 18.5 Å². The number of ether oxygens (including phenoxy) is 3. The van der Waals surface area contributed by atoms with Crippen LogP contribution in [0.2, 0.25) is 0 Å². The van der Waals surface area contributed by atoms with Crippen molar-refractivity contribution in [3.8, 4) is 11.5 Å². The van der Waals surface area contributed by atoms with E-state index in [4.69, 9.17) is 9.47 Å². The average Bonchev–Trinajstić information content (AvgIpc) is 3.10. The number of carbonyl (C=O) groups excluding carboxylic acids is 3. The van der Waals surface area contributed by atoms with E-state index in [9.17, 15) is 18.8 Å². The smallest absolute Gasteiger partial charge is 0.328 e. The third kappa shape index (κ3) is 5.48. The molecule has 0 aromatic heterocycles. The molecule has 0 unspecified atom stereocenters. The lowest BCUT2D eigenvalue weighted by molar-refractivity contribution is -0.148. The van der Waals surface area contributed by atoms with E-state index in [1.165, 1.54) is 33.3 Å². The van der Waals surface area contributed by atoms with Crippen LogP contribution in [0.25, 0.3) is 6.08 Å². The van der Waals surface area contributed by atoms with Gasteiger partial charge in [-0.05, 0) is 66.6 Å². The summed E-state index contributed by atoms with van der Waals surface area (Å²) in [5, 5.41) is -0.549. The number of halogens is 1. The van der Waals surface area contributed by atoms with Crippen molar-refractivity contribution in [2.45, 2.75) is 26.0 Å². The van der Waals surface area contributed by atoms with E-state index in [1.807, 2.05) is 6.07 Å². The number of hydrogen-bond donors (Lipinski definition) is 0. The Morgan fingerprint density at radius 2 is 1.91 bits per heavy atom. The van der Waals surface area contributed by atoms with Gasteiger partial charge in [0.15, 0.2) is 11.5 Å². The minimum absolute atomic E-state index is 0.173. The highest BCUT2D eigenvalue weighted by Crippen LogP contribution is 2.38. The van der Waals surface area contributed by atoms with E-state index < -0.39 is 23.2 Å². The Morgan fingerprint density at radius 3 is 2.53 bits per heavy atom. The lowest BCUT2D eigenvalue weighted by Gasteiger charge is -2.18. The monoisotopic (exact) mass is 485 g/mol. The topological polar surface area (TPSA) is 82.1 Å². The number of carbonyl (C=O) groups is 3. The van der Waals surface area contributed by atoms with Crippen molar-refractivity contribution in [2.75, 3.05) is 14.2 Å². The van der Waals surface area contributed by atoms with Crippen LogP contribution in [-0.4, -0.2) is 42.3 Å². The zero-order valence-electron chi connectivity index (χ0n) is 19.0. The van der Waals surface area contributed by atoms with E-state index >= 15 is 0 Å². The van der Waals surface area contributed by atoms with Crippen LogP contribution in [-0.2, 0) is 27.4 Å². The van der Waals surface area contributed by atoms with Gasteiger partial charge in [0, 0.05) is 5.56 Å². The number of benzene rings is 2. The van der Waals surface area contributed by atoms with Gasteiger partial charge in [-0.1, -0.05) is 18.2 Å². The summed E-state index contributed by atoms with van der Waals surface area (Å²) < 4.78 is 29.3. The molecule has 34 heavy (non-hydrogen) atoms. The van der Waals surface area contributed by atoms with Crippen LogP contribution in [0.3, 0.4) is 0 Å². The molecule has 0 aliphatic carbocycles. The normalized spacial score (nSPS) is 15.4. The molecule has 1 saturated heterocycles. The van der Waals surface area contributed by atoms with Crippen LogP contribution < -0.4 is 9.47 Å². The number of methoxy groups -OCH3 is 2. The van der Waals surface area contributed by atoms with Crippen molar-refractivity contribution >= 4 is 35.0 Å². The summed E-state index contributed by atoms with van der Waals surface area (Å²) >= 11 is 0.746. The number of imide groups is 1. The standard InChI is InChI=1S/C25H24FNO6S/c1-5-6-18-11-17(13-21-23(28)27(25(30)34-21)15(2)24(29)32-4)12-20(31-3)22(18)33-14-16-7-9-19(26)10-8-16/h5,7-13,15H,1,6,14H2,2-4H3/b21-13+/t15-/m0/s1. The Morgan fingerprint density at radius 1 is 1.21 bits per heavy atom. The van der Waals surface area contributed by atoms with Crippen LogP contribution in [0, 0.1) is 5.82 Å². The number of amides is 2. The van der Waals surface area contributed by atoms with Crippen molar-refractivity contribution in [3.05, 3.63) is 76.5 Å². The highest BCUT2D eigenvalue weighted by atomic mass is 32.2. The predicted octanol–water partition coefficient (Wildman–Crippen LogP) is 4.74. The fraction of sp³-hybridized carbons (Fsp3) is 0.240. The first kappa shape index (κ1) is 25.0. The predicted molar refractivity (Wildman–Crippen MR) is 127 cm³/mol. The first-order valence-electron chi connectivity index (χ1n) is 10.3. The molecule has 1 aliphatic heterocycles. The molecule has 3 rings (SSSR count). The SMILES string of the molecule is C=CCc1cc(/C=C2/SC(=O)N([C@@H](C)C(=O)OC)C2=O)cc(OC)c1OCc1ccc(F)cc1. The minimum atomic E-state index is -1.03. The summed E-state index contributed by atoms with van der Waals surface area (Å²) in [6, 6.07) is 8.45. The maximum absolute atomic E-state index is 13.2. The lowest BCUT2D eigenvalue weighted by atomic mass is 10.0. The average molecular weight is 486 g/mol. The summed E-state index contributed by atoms with van der Waals surface area (Å²) in [7, 11) is 2.69. The number of allylic oxidation sites excluding steroid dienone is 1. The molecule has 0 radical (unpaired) electrons. The maximum atomic E-state index is 13.2. The summed E-state index contributed by atoms with van der Waals surface area (Å²) in [5.41, 5.74) is 2.15. The Kier molecular flexibility index (Phi) is 8.12. The quantitative estimate of drug-likeness (QED) is 0.288.